The van der Waals surface area contributed by atoms with E-state index in [9.17, 15) is 4.79 Å². The Morgan fingerprint density at radius 3 is 2.52 bits per heavy atom. The van der Waals surface area contributed by atoms with E-state index in [1.807, 2.05) is 25.1 Å². The minimum Gasteiger partial charge on any atom is -0.368 e. The molecule has 2 fully saturated rings. The molecule has 2 amide bonds. The maximum Gasteiger partial charge on any atom is 0.320 e. The highest BCUT2D eigenvalue weighted by molar-refractivity contribution is 5.91. The molecule has 0 unspecified atom stereocenters. The van der Waals surface area contributed by atoms with Gasteiger partial charge in [0.25, 0.3) is 0 Å². The fourth-order valence-corrected chi connectivity index (χ4v) is 4.23. The van der Waals surface area contributed by atoms with Gasteiger partial charge in [0, 0.05) is 54.2 Å². The lowest BCUT2D eigenvalue weighted by atomic mass is 10.1. The van der Waals surface area contributed by atoms with E-state index in [0.717, 1.165) is 42.6 Å². The molecule has 9 heteroatoms. The molecule has 4 N–H and O–H groups in total. The van der Waals surface area contributed by atoms with E-state index in [4.69, 9.17) is 0 Å². The van der Waals surface area contributed by atoms with Gasteiger partial charge in [-0.25, -0.2) is 14.8 Å². The molecule has 1 saturated heterocycles. The molecule has 1 aromatic carbocycles. The Balaban J connectivity index is 1.30. The Morgan fingerprint density at radius 1 is 1.09 bits per heavy atom. The van der Waals surface area contributed by atoms with Gasteiger partial charge in [-0.3, -0.25) is 5.32 Å². The molecule has 33 heavy (non-hydrogen) atoms. The summed E-state index contributed by atoms with van der Waals surface area (Å²) >= 11 is 0. The van der Waals surface area contributed by atoms with Crippen LogP contribution in [0.1, 0.15) is 32.3 Å². The number of nitrogens with one attached hydrogen (secondary N) is 4. The van der Waals surface area contributed by atoms with Crippen molar-refractivity contribution in [3.8, 4) is 0 Å². The van der Waals surface area contributed by atoms with Crippen molar-refractivity contribution in [3.63, 3.8) is 0 Å². The van der Waals surface area contributed by atoms with Crippen LogP contribution < -0.4 is 26.2 Å². The Labute approximate surface area is 193 Å². The topological polar surface area (TPSA) is 107 Å². The zero-order chi connectivity index (χ0) is 22.9. The van der Waals surface area contributed by atoms with Gasteiger partial charge in [0.1, 0.15) is 5.82 Å². The number of anilines is 4. The number of benzene rings is 1. The Morgan fingerprint density at radius 2 is 1.82 bits per heavy atom. The molecule has 0 bridgehead atoms. The number of pyridine rings is 1. The highest BCUT2D eigenvalue weighted by Gasteiger charge is 2.24. The summed E-state index contributed by atoms with van der Waals surface area (Å²) in [4.78, 5) is 28.1. The average molecular weight is 447 g/mol. The van der Waals surface area contributed by atoms with Crippen molar-refractivity contribution in [2.75, 3.05) is 28.6 Å². The first-order valence-electron chi connectivity index (χ1n) is 11.5. The second-order valence-corrected chi connectivity index (χ2v) is 9.18. The first-order chi connectivity index (χ1) is 15.9. The summed E-state index contributed by atoms with van der Waals surface area (Å²) in [7, 11) is 0. The molecule has 1 aliphatic heterocycles. The van der Waals surface area contributed by atoms with Gasteiger partial charge in [-0.05, 0) is 69.5 Å². The average Bonchev–Trinajstić information content (AvgIpc) is 3.58. The minimum atomic E-state index is -0.229. The largest absolute Gasteiger partial charge is 0.368 e. The Kier molecular flexibility index (Phi) is 5.72. The van der Waals surface area contributed by atoms with Crippen molar-refractivity contribution in [2.45, 2.75) is 51.7 Å². The SMILES string of the molecule is Cc1cc2cnc(Nc3ccc(N4C[C@@H](C)N[C@@H](C)C4)cc3)nc2nc1NC(=O)NC1CC1. The number of nitrogens with zero attached hydrogens (tertiary/aromatic N) is 4. The van der Waals surface area contributed by atoms with Gasteiger partial charge >= 0.3 is 6.03 Å². The third kappa shape index (κ3) is 5.14. The quantitative estimate of drug-likeness (QED) is 0.475. The molecule has 2 aromatic heterocycles. The van der Waals surface area contributed by atoms with Crippen LogP contribution in [0.15, 0.2) is 36.5 Å². The number of urea groups is 1. The first-order valence-corrected chi connectivity index (χ1v) is 11.5. The Bertz CT molecular complexity index is 1150. The van der Waals surface area contributed by atoms with E-state index >= 15 is 0 Å². The van der Waals surface area contributed by atoms with E-state index in [0.29, 0.717) is 29.5 Å². The number of fused-ring (bicyclic) bond motifs is 1. The van der Waals surface area contributed by atoms with Gasteiger partial charge in [0.15, 0.2) is 5.65 Å². The summed E-state index contributed by atoms with van der Waals surface area (Å²) in [5.74, 6) is 0.971. The molecule has 1 aliphatic carbocycles. The summed E-state index contributed by atoms with van der Waals surface area (Å²) < 4.78 is 0. The van der Waals surface area contributed by atoms with Crippen LogP contribution in [0.4, 0.5) is 27.9 Å². The van der Waals surface area contributed by atoms with Gasteiger partial charge in [0.05, 0.1) is 0 Å². The number of aryl methyl sites for hydroxylation is 1. The third-order valence-electron chi connectivity index (χ3n) is 5.95. The molecule has 3 heterocycles. The summed E-state index contributed by atoms with van der Waals surface area (Å²) in [6.07, 6.45) is 3.82. The van der Waals surface area contributed by atoms with Crippen LogP contribution in [-0.4, -0.2) is 52.2 Å². The van der Waals surface area contributed by atoms with Crippen LogP contribution in [0, 0.1) is 6.92 Å². The maximum absolute atomic E-state index is 12.1. The number of piperazine rings is 1. The second kappa shape index (κ2) is 8.82. The van der Waals surface area contributed by atoms with Gasteiger partial charge in [-0.15, -0.1) is 0 Å². The molecule has 2 aliphatic rings. The summed E-state index contributed by atoms with van der Waals surface area (Å²) in [6, 6.07) is 11.2. The predicted molar refractivity (Wildman–Crippen MR) is 131 cm³/mol. The second-order valence-electron chi connectivity index (χ2n) is 9.18. The van der Waals surface area contributed by atoms with Crippen LogP contribution in [0.25, 0.3) is 11.0 Å². The molecule has 1 saturated carbocycles. The minimum absolute atomic E-state index is 0.229. The number of hydrogen-bond donors (Lipinski definition) is 4. The van der Waals surface area contributed by atoms with Crippen LogP contribution in [-0.2, 0) is 0 Å². The molecular formula is C24H30N8O. The number of amides is 2. The molecule has 2 atom stereocenters. The third-order valence-corrected chi connectivity index (χ3v) is 5.95. The van der Waals surface area contributed by atoms with Gasteiger partial charge in [0.2, 0.25) is 5.95 Å². The summed E-state index contributed by atoms with van der Waals surface area (Å²) in [5, 5.41) is 13.4. The Hall–Kier alpha value is -3.46. The summed E-state index contributed by atoms with van der Waals surface area (Å²) in [5.41, 5.74) is 3.51. The van der Waals surface area contributed by atoms with Crippen LogP contribution in [0.3, 0.4) is 0 Å². The van der Waals surface area contributed by atoms with Crippen molar-refractivity contribution in [1.82, 2.24) is 25.6 Å². The molecule has 0 spiro atoms. The van der Waals surface area contributed by atoms with Crippen molar-refractivity contribution in [3.05, 3.63) is 42.1 Å². The standard InChI is InChI=1S/C24H30N8O/c1-14-10-17-11-25-23(30-22(17)29-21(14)31-24(33)28-19-4-5-19)27-18-6-8-20(9-7-18)32-12-15(2)26-16(3)13-32/h6-11,15-16,19,26H,4-5,12-13H2,1-3H3,(H3,25,27,28,29,30,31,33)/t15-,16+. The fraction of sp³-hybridized carbons (Fsp3) is 0.417. The monoisotopic (exact) mass is 446 g/mol. The van der Waals surface area contributed by atoms with Crippen molar-refractivity contribution in [2.24, 2.45) is 0 Å². The molecule has 9 nitrogen and oxygen atoms in total. The van der Waals surface area contributed by atoms with Crippen molar-refractivity contribution < 1.29 is 4.79 Å². The van der Waals surface area contributed by atoms with E-state index in [2.05, 4.69) is 67.1 Å². The van der Waals surface area contributed by atoms with E-state index in [1.165, 1.54) is 5.69 Å². The van der Waals surface area contributed by atoms with Crippen molar-refractivity contribution >= 4 is 40.2 Å². The summed E-state index contributed by atoms with van der Waals surface area (Å²) in [6.45, 7) is 8.32. The van der Waals surface area contributed by atoms with E-state index in [-0.39, 0.29) is 12.1 Å². The van der Waals surface area contributed by atoms with Gasteiger partial charge in [-0.1, -0.05) is 0 Å². The zero-order valence-corrected chi connectivity index (χ0v) is 19.2. The number of hydrogen-bond acceptors (Lipinski definition) is 7. The van der Waals surface area contributed by atoms with E-state index < -0.39 is 0 Å². The lowest BCUT2D eigenvalue weighted by Crippen LogP contribution is -2.54. The molecule has 5 rings (SSSR count). The highest BCUT2D eigenvalue weighted by Crippen LogP contribution is 2.24. The lowest BCUT2D eigenvalue weighted by Gasteiger charge is -2.37. The predicted octanol–water partition coefficient (Wildman–Crippen LogP) is 3.55. The first kappa shape index (κ1) is 21.4. The number of aromatic nitrogens is 3. The number of carbonyl (C=O) groups is 1. The van der Waals surface area contributed by atoms with Crippen molar-refractivity contribution in [1.29, 1.82) is 0 Å². The number of rotatable bonds is 5. The molecule has 172 valence electrons. The smallest absolute Gasteiger partial charge is 0.320 e. The van der Waals surface area contributed by atoms with Crippen LogP contribution in [0.2, 0.25) is 0 Å². The van der Waals surface area contributed by atoms with Crippen LogP contribution in [0.5, 0.6) is 0 Å². The maximum atomic E-state index is 12.1. The number of carbonyl (C=O) groups excluding carboxylic acids is 1. The fourth-order valence-electron chi connectivity index (χ4n) is 4.23. The normalized spacial score (nSPS) is 20.5. The highest BCUT2D eigenvalue weighted by atomic mass is 16.2. The lowest BCUT2D eigenvalue weighted by molar-refractivity contribution is 0.251. The molecular weight excluding hydrogens is 416 g/mol. The van der Waals surface area contributed by atoms with Crippen LogP contribution >= 0.6 is 0 Å². The zero-order valence-electron chi connectivity index (χ0n) is 19.2. The molecule has 3 aromatic rings. The van der Waals surface area contributed by atoms with E-state index in [1.54, 1.807) is 6.20 Å². The van der Waals surface area contributed by atoms with Gasteiger partial charge in [-0.2, -0.15) is 4.98 Å². The van der Waals surface area contributed by atoms with Gasteiger partial charge < -0.3 is 20.9 Å². The molecule has 0 radical (unpaired) electrons.